The van der Waals surface area contributed by atoms with Crippen LogP contribution in [0.1, 0.15) is 52.3 Å². The van der Waals surface area contributed by atoms with Crippen LogP contribution in [-0.2, 0) is 0 Å². The Kier molecular flexibility index (Phi) is 4.04. The lowest BCUT2D eigenvalue weighted by Crippen LogP contribution is -2.20. The Morgan fingerprint density at radius 3 is 2.61 bits per heavy atom. The third-order valence-electron chi connectivity index (χ3n) is 3.27. The van der Waals surface area contributed by atoms with Crippen LogP contribution in [0.5, 0.6) is 5.88 Å². The van der Waals surface area contributed by atoms with Crippen molar-refractivity contribution in [2.45, 2.75) is 52.6 Å². The van der Waals surface area contributed by atoms with Crippen molar-refractivity contribution in [1.29, 1.82) is 0 Å². The fourth-order valence-electron chi connectivity index (χ4n) is 1.63. The second-order valence-corrected chi connectivity index (χ2v) is 5.32. The Morgan fingerprint density at radius 2 is 2.06 bits per heavy atom. The second kappa shape index (κ2) is 5.55. The topological polar surface area (TPSA) is 47.0 Å². The molecule has 0 bridgehead atoms. The predicted octanol–water partition coefficient (Wildman–Crippen LogP) is 3.21. The van der Waals surface area contributed by atoms with Gasteiger partial charge in [0.25, 0.3) is 0 Å². The summed E-state index contributed by atoms with van der Waals surface area (Å²) in [5.74, 6) is 3.52. The minimum Gasteiger partial charge on any atom is -0.474 e. The van der Waals surface area contributed by atoms with Gasteiger partial charge in [-0.25, -0.2) is 4.98 Å². The number of hydrogen-bond donors (Lipinski definition) is 1. The first-order chi connectivity index (χ1) is 8.60. The zero-order chi connectivity index (χ0) is 13.1. The Hall–Kier alpha value is -1.32. The number of rotatable bonds is 6. The minimum atomic E-state index is 0.168. The molecule has 1 heterocycles. The van der Waals surface area contributed by atoms with Crippen molar-refractivity contribution in [2.75, 3.05) is 11.9 Å². The van der Waals surface area contributed by atoms with Gasteiger partial charge in [-0.1, -0.05) is 13.8 Å². The average molecular weight is 249 g/mol. The van der Waals surface area contributed by atoms with Crippen LogP contribution in [-0.4, -0.2) is 22.6 Å². The van der Waals surface area contributed by atoms with Gasteiger partial charge in [-0.15, -0.1) is 0 Å². The summed E-state index contributed by atoms with van der Waals surface area (Å²) < 4.78 is 5.89. The summed E-state index contributed by atoms with van der Waals surface area (Å²) in [4.78, 5) is 9.06. The van der Waals surface area contributed by atoms with E-state index < -0.39 is 0 Å². The molecule has 18 heavy (non-hydrogen) atoms. The van der Waals surface area contributed by atoms with Crippen LogP contribution in [0.4, 0.5) is 5.82 Å². The van der Waals surface area contributed by atoms with Crippen molar-refractivity contribution in [1.82, 2.24) is 9.97 Å². The molecule has 1 fully saturated rings. The zero-order valence-electron chi connectivity index (χ0n) is 11.7. The van der Waals surface area contributed by atoms with Gasteiger partial charge in [-0.2, -0.15) is 4.98 Å². The van der Waals surface area contributed by atoms with E-state index in [-0.39, 0.29) is 6.10 Å². The zero-order valence-corrected chi connectivity index (χ0v) is 11.7. The van der Waals surface area contributed by atoms with Gasteiger partial charge in [0.1, 0.15) is 11.6 Å². The number of ether oxygens (including phenoxy) is 1. The van der Waals surface area contributed by atoms with Crippen molar-refractivity contribution in [3.8, 4) is 5.88 Å². The molecule has 0 aliphatic heterocycles. The molecule has 4 heteroatoms. The molecule has 0 amide bonds. The van der Waals surface area contributed by atoms with Crippen molar-refractivity contribution in [3.05, 3.63) is 11.9 Å². The standard InChI is InChI=1S/C14H23N3O/c1-5-15-12-8-13(18-10(4)9(2)3)17-14(16-12)11-6-7-11/h8-11H,5-7H2,1-4H3,(H,15,16,17). The second-order valence-electron chi connectivity index (χ2n) is 5.32. The lowest BCUT2D eigenvalue weighted by Gasteiger charge is -2.18. The molecule has 1 aromatic rings. The molecule has 1 aliphatic rings. The first-order valence-corrected chi connectivity index (χ1v) is 6.89. The third kappa shape index (κ3) is 3.34. The van der Waals surface area contributed by atoms with E-state index >= 15 is 0 Å². The van der Waals surface area contributed by atoms with Crippen LogP contribution in [0.15, 0.2) is 6.07 Å². The van der Waals surface area contributed by atoms with E-state index in [1.807, 2.05) is 6.07 Å². The largest absolute Gasteiger partial charge is 0.474 e. The molecule has 4 nitrogen and oxygen atoms in total. The highest BCUT2D eigenvalue weighted by atomic mass is 16.5. The fraction of sp³-hybridized carbons (Fsp3) is 0.714. The van der Waals surface area contributed by atoms with E-state index in [4.69, 9.17) is 4.74 Å². The molecular formula is C14H23N3O. The molecule has 100 valence electrons. The van der Waals surface area contributed by atoms with E-state index in [0.29, 0.717) is 17.7 Å². The normalized spacial score (nSPS) is 16.7. The molecule has 2 rings (SSSR count). The number of aromatic nitrogens is 2. The van der Waals surface area contributed by atoms with Crippen LogP contribution in [0, 0.1) is 5.92 Å². The molecule has 0 spiro atoms. The number of anilines is 1. The summed E-state index contributed by atoms with van der Waals surface area (Å²) in [6.07, 6.45) is 2.57. The highest BCUT2D eigenvalue weighted by Gasteiger charge is 2.27. The minimum absolute atomic E-state index is 0.168. The van der Waals surface area contributed by atoms with Gasteiger partial charge < -0.3 is 10.1 Å². The van der Waals surface area contributed by atoms with Crippen LogP contribution in [0.25, 0.3) is 0 Å². The molecular weight excluding hydrogens is 226 g/mol. The summed E-state index contributed by atoms with van der Waals surface area (Å²) in [7, 11) is 0. The third-order valence-corrected chi connectivity index (χ3v) is 3.27. The summed E-state index contributed by atoms with van der Waals surface area (Å²) in [5.41, 5.74) is 0. The first-order valence-electron chi connectivity index (χ1n) is 6.89. The SMILES string of the molecule is CCNc1cc(OC(C)C(C)C)nc(C2CC2)n1. The van der Waals surface area contributed by atoms with Crippen LogP contribution in [0.2, 0.25) is 0 Å². The van der Waals surface area contributed by atoms with E-state index in [2.05, 4.69) is 43.0 Å². The van der Waals surface area contributed by atoms with Crippen molar-refractivity contribution < 1.29 is 4.74 Å². The predicted molar refractivity (Wildman–Crippen MR) is 73.1 cm³/mol. The molecule has 1 N–H and O–H groups in total. The maximum atomic E-state index is 5.89. The molecule has 0 saturated heterocycles. The molecule has 0 aromatic carbocycles. The Labute approximate surface area is 109 Å². The maximum absolute atomic E-state index is 5.89. The quantitative estimate of drug-likeness (QED) is 0.841. The number of nitrogens with one attached hydrogen (secondary N) is 1. The van der Waals surface area contributed by atoms with E-state index in [1.54, 1.807) is 0 Å². The van der Waals surface area contributed by atoms with Gasteiger partial charge in [0.05, 0.1) is 6.10 Å². The van der Waals surface area contributed by atoms with Gasteiger partial charge in [0.2, 0.25) is 5.88 Å². The molecule has 1 atom stereocenters. The van der Waals surface area contributed by atoms with Crippen molar-refractivity contribution in [3.63, 3.8) is 0 Å². The van der Waals surface area contributed by atoms with Crippen molar-refractivity contribution in [2.24, 2.45) is 5.92 Å². The highest BCUT2D eigenvalue weighted by molar-refractivity contribution is 5.39. The lowest BCUT2D eigenvalue weighted by molar-refractivity contribution is 0.163. The first kappa shape index (κ1) is 13.1. The molecule has 1 aliphatic carbocycles. The summed E-state index contributed by atoms with van der Waals surface area (Å²) in [5, 5.41) is 3.24. The van der Waals surface area contributed by atoms with Gasteiger partial charge in [0, 0.05) is 18.5 Å². The van der Waals surface area contributed by atoms with Gasteiger partial charge >= 0.3 is 0 Å². The molecule has 1 aromatic heterocycles. The summed E-state index contributed by atoms with van der Waals surface area (Å²) >= 11 is 0. The number of nitrogens with zero attached hydrogens (tertiary/aromatic N) is 2. The Balaban J connectivity index is 2.17. The van der Waals surface area contributed by atoms with Crippen LogP contribution >= 0.6 is 0 Å². The summed E-state index contributed by atoms with van der Waals surface area (Å²) in [6, 6.07) is 1.90. The average Bonchev–Trinajstić information content (AvgIpc) is 3.12. The summed E-state index contributed by atoms with van der Waals surface area (Å²) in [6.45, 7) is 9.31. The Bertz CT molecular complexity index is 402. The van der Waals surface area contributed by atoms with Gasteiger partial charge in [0.15, 0.2) is 0 Å². The molecule has 0 radical (unpaired) electrons. The van der Waals surface area contributed by atoms with E-state index in [0.717, 1.165) is 18.2 Å². The van der Waals surface area contributed by atoms with Crippen molar-refractivity contribution >= 4 is 5.82 Å². The van der Waals surface area contributed by atoms with Gasteiger partial charge in [-0.3, -0.25) is 0 Å². The van der Waals surface area contributed by atoms with Gasteiger partial charge in [-0.05, 0) is 32.6 Å². The lowest BCUT2D eigenvalue weighted by atomic mass is 10.1. The van der Waals surface area contributed by atoms with E-state index in [9.17, 15) is 0 Å². The van der Waals surface area contributed by atoms with Crippen LogP contribution < -0.4 is 10.1 Å². The molecule has 1 saturated carbocycles. The molecule has 1 unspecified atom stereocenters. The monoisotopic (exact) mass is 249 g/mol. The number of hydrogen-bond acceptors (Lipinski definition) is 4. The smallest absolute Gasteiger partial charge is 0.219 e. The Morgan fingerprint density at radius 1 is 1.33 bits per heavy atom. The fourth-order valence-corrected chi connectivity index (χ4v) is 1.63. The maximum Gasteiger partial charge on any atom is 0.219 e. The van der Waals surface area contributed by atoms with E-state index in [1.165, 1.54) is 12.8 Å². The van der Waals surface area contributed by atoms with Crippen LogP contribution in [0.3, 0.4) is 0 Å². The highest BCUT2D eigenvalue weighted by Crippen LogP contribution is 2.39.